The molecular formula is C29H36N2O3. The molecule has 1 saturated carbocycles. The van der Waals surface area contributed by atoms with Crippen LogP contribution in [0.3, 0.4) is 0 Å². The molecule has 5 rings (SSSR count). The van der Waals surface area contributed by atoms with Gasteiger partial charge >= 0.3 is 0 Å². The molecule has 2 aliphatic carbocycles. The van der Waals surface area contributed by atoms with Crippen LogP contribution in [0, 0.1) is 12.8 Å². The van der Waals surface area contributed by atoms with Crippen molar-refractivity contribution in [1.29, 1.82) is 0 Å². The normalized spacial score (nSPS) is 17.8. The summed E-state index contributed by atoms with van der Waals surface area (Å²) in [4.78, 5) is 9.11. The molecule has 0 aliphatic heterocycles. The van der Waals surface area contributed by atoms with Gasteiger partial charge in [0.05, 0.1) is 12.2 Å². The molecule has 0 spiro atoms. The van der Waals surface area contributed by atoms with Crippen LogP contribution < -0.4 is 9.47 Å². The average Bonchev–Trinajstić information content (AvgIpc) is 3.49. The van der Waals surface area contributed by atoms with Crippen molar-refractivity contribution in [2.24, 2.45) is 5.92 Å². The maximum atomic E-state index is 9.82. The summed E-state index contributed by atoms with van der Waals surface area (Å²) in [6, 6.07) is 14.4. The molecule has 2 atom stereocenters. The van der Waals surface area contributed by atoms with E-state index < -0.39 is 5.60 Å². The third kappa shape index (κ3) is 5.76. The second kappa shape index (κ2) is 10.1. The van der Waals surface area contributed by atoms with Gasteiger partial charge in [-0.3, -0.25) is 0 Å². The highest BCUT2D eigenvalue weighted by atomic mass is 16.5. The molecular weight excluding hydrogens is 424 g/mol. The number of ether oxygens (including phenoxy) is 2. The largest absolute Gasteiger partial charge is 0.478 e. The van der Waals surface area contributed by atoms with Crippen LogP contribution in [0.25, 0.3) is 11.1 Å². The van der Waals surface area contributed by atoms with Gasteiger partial charge in [-0.1, -0.05) is 32.0 Å². The lowest BCUT2D eigenvalue weighted by Crippen LogP contribution is -2.22. The predicted molar refractivity (Wildman–Crippen MR) is 135 cm³/mol. The number of nitrogens with zero attached hydrogens (tertiary/aromatic N) is 2. The standard InChI is InChI=1S/C27H30N2O3.C2H6/c1-17-22(7-8-25(29-17)31-10-9-27(2,3)30)19-6-4-5-18(11-19)16-32-26-14-21-12-20-13-23(20)24(21)15-28-26;1-2/h4-8,11,14-15,20,23,30H,9-10,12-13,16H2,1-3H3;1-2H3. The molecule has 0 radical (unpaired) electrons. The van der Waals surface area contributed by atoms with Crippen LogP contribution in [0.1, 0.15) is 68.8 Å². The smallest absolute Gasteiger partial charge is 0.213 e. The Morgan fingerprint density at radius 2 is 1.88 bits per heavy atom. The van der Waals surface area contributed by atoms with Crippen molar-refractivity contribution in [2.75, 3.05) is 6.61 Å². The number of aromatic nitrogens is 2. The van der Waals surface area contributed by atoms with Crippen LogP contribution in [0.4, 0.5) is 0 Å². The fourth-order valence-electron chi connectivity index (χ4n) is 4.53. The molecule has 1 aromatic carbocycles. The Morgan fingerprint density at radius 1 is 1.06 bits per heavy atom. The van der Waals surface area contributed by atoms with E-state index in [-0.39, 0.29) is 0 Å². The van der Waals surface area contributed by atoms with Crippen LogP contribution in [0.15, 0.2) is 48.7 Å². The summed E-state index contributed by atoms with van der Waals surface area (Å²) < 4.78 is 11.7. The minimum atomic E-state index is -0.743. The first-order valence-corrected chi connectivity index (χ1v) is 12.4. The molecule has 3 aromatic rings. The van der Waals surface area contributed by atoms with E-state index in [0.29, 0.717) is 31.4 Å². The van der Waals surface area contributed by atoms with Gasteiger partial charge in [-0.2, -0.15) is 0 Å². The molecule has 5 nitrogen and oxygen atoms in total. The van der Waals surface area contributed by atoms with E-state index in [1.807, 2.05) is 45.2 Å². The number of rotatable bonds is 8. The number of aryl methyl sites for hydroxylation is 1. The number of pyridine rings is 2. The molecule has 1 N–H and O–H groups in total. The van der Waals surface area contributed by atoms with Crippen LogP contribution in [-0.4, -0.2) is 27.3 Å². The van der Waals surface area contributed by atoms with Gasteiger partial charge in [-0.05, 0) is 79.8 Å². The van der Waals surface area contributed by atoms with Gasteiger partial charge < -0.3 is 14.6 Å². The lowest BCUT2D eigenvalue weighted by molar-refractivity contribution is 0.0547. The maximum absolute atomic E-state index is 9.82. The molecule has 0 saturated heterocycles. The van der Waals surface area contributed by atoms with Crippen molar-refractivity contribution in [3.8, 4) is 22.9 Å². The quantitative estimate of drug-likeness (QED) is 0.430. The van der Waals surface area contributed by atoms with Crippen LogP contribution in [0.5, 0.6) is 11.8 Å². The van der Waals surface area contributed by atoms with Crippen LogP contribution >= 0.6 is 0 Å². The lowest BCUT2D eigenvalue weighted by Gasteiger charge is -2.17. The summed E-state index contributed by atoms with van der Waals surface area (Å²) in [5.41, 5.74) is 6.27. The van der Waals surface area contributed by atoms with Gasteiger partial charge in [0.15, 0.2) is 0 Å². The summed E-state index contributed by atoms with van der Waals surface area (Å²) in [6.07, 6.45) is 5.08. The van der Waals surface area contributed by atoms with Crippen molar-refractivity contribution >= 4 is 0 Å². The van der Waals surface area contributed by atoms with Gasteiger partial charge in [0, 0.05) is 36.0 Å². The van der Waals surface area contributed by atoms with E-state index in [9.17, 15) is 5.11 Å². The van der Waals surface area contributed by atoms with E-state index in [0.717, 1.165) is 34.2 Å². The third-order valence-corrected chi connectivity index (χ3v) is 6.45. The van der Waals surface area contributed by atoms with Gasteiger partial charge in [0.2, 0.25) is 11.8 Å². The first-order valence-electron chi connectivity index (χ1n) is 12.4. The molecule has 2 aliphatic rings. The molecule has 0 amide bonds. The minimum absolute atomic E-state index is 0.431. The zero-order valence-electron chi connectivity index (χ0n) is 21.0. The predicted octanol–water partition coefficient (Wildman–Crippen LogP) is 6.26. The Balaban J connectivity index is 0.00000133. The van der Waals surface area contributed by atoms with E-state index in [1.54, 1.807) is 13.8 Å². The van der Waals surface area contributed by atoms with Gasteiger partial charge in [0.25, 0.3) is 0 Å². The first kappa shape index (κ1) is 24.2. The van der Waals surface area contributed by atoms with Crippen molar-refractivity contribution in [3.05, 3.63) is 71.0 Å². The van der Waals surface area contributed by atoms with E-state index in [2.05, 4.69) is 34.2 Å². The first-order chi connectivity index (χ1) is 16.4. The van der Waals surface area contributed by atoms with Crippen molar-refractivity contribution in [2.45, 2.75) is 72.0 Å². The Morgan fingerprint density at radius 3 is 2.65 bits per heavy atom. The average molecular weight is 461 g/mol. The third-order valence-electron chi connectivity index (χ3n) is 6.45. The highest BCUT2D eigenvalue weighted by molar-refractivity contribution is 5.66. The number of fused-ring (bicyclic) bond motifs is 3. The summed E-state index contributed by atoms with van der Waals surface area (Å²) in [6.45, 7) is 10.5. The van der Waals surface area contributed by atoms with Gasteiger partial charge in [-0.25, -0.2) is 9.97 Å². The van der Waals surface area contributed by atoms with E-state index in [4.69, 9.17) is 9.47 Å². The van der Waals surface area contributed by atoms with Crippen molar-refractivity contribution in [1.82, 2.24) is 9.97 Å². The topological polar surface area (TPSA) is 64.5 Å². The highest BCUT2D eigenvalue weighted by Gasteiger charge is 2.45. The Hall–Kier alpha value is -2.92. The molecule has 5 heteroatoms. The highest BCUT2D eigenvalue weighted by Crippen LogP contribution is 2.56. The Bertz CT molecular complexity index is 1140. The monoisotopic (exact) mass is 460 g/mol. The van der Waals surface area contributed by atoms with E-state index >= 15 is 0 Å². The zero-order chi connectivity index (χ0) is 24.3. The maximum Gasteiger partial charge on any atom is 0.213 e. The fraction of sp³-hybridized carbons (Fsp3) is 0.448. The zero-order valence-corrected chi connectivity index (χ0v) is 21.0. The Kier molecular flexibility index (Phi) is 7.22. The number of aliphatic hydroxyl groups is 1. The molecule has 2 aromatic heterocycles. The molecule has 1 fully saturated rings. The van der Waals surface area contributed by atoms with Gasteiger partial charge in [-0.15, -0.1) is 0 Å². The number of hydrogen-bond acceptors (Lipinski definition) is 5. The molecule has 34 heavy (non-hydrogen) atoms. The molecule has 0 bridgehead atoms. The summed E-state index contributed by atoms with van der Waals surface area (Å²) >= 11 is 0. The summed E-state index contributed by atoms with van der Waals surface area (Å²) in [5.74, 6) is 2.91. The SMILES string of the molecule is CC.Cc1nc(OCCC(C)(C)O)ccc1-c1cccc(COc2cc3c(cn2)C2CC2C3)c1. The number of benzene rings is 1. The molecule has 2 heterocycles. The van der Waals surface area contributed by atoms with Crippen molar-refractivity contribution in [3.63, 3.8) is 0 Å². The van der Waals surface area contributed by atoms with Crippen LogP contribution in [-0.2, 0) is 13.0 Å². The molecule has 180 valence electrons. The van der Waals surface area contributed by atoms with Crippen molar-refractivity contribution < 1.29 is 14.6 Å². The van der Waals surface area contributed by atoms with Crippen LogP contribution in [0.2, 0.25) is 0 Å². The lowest BCUT2D eigenvalue weighted by atomic mass is 10.0. The summed E-state index contributed by atoms with van der Waals surface area (Å²) in [7, 11) is 0. The fourth-order valence-corrected chi connectivity index (χ4v) is 4.53. The summed E-state index contributed by atoms with van der Waals surface area (Å²) in [5, 5.41) is 9.82. The number of hydrogen-bond donors (Lipinski definition) is 1. The van der Waals surface area contributed by atoms with E-state index in [1.165, 1.54) is 24.0 Å². The Labute approximate surface area is 203 Å². The second-order valence-corrected chi connectivity index (χ2v) is 9.71. The van der Waals surface area contributed by atoms with Gasteiger partial charge in [0.1, 0.15) is 6.61 Å². The minimum Gasteiger partial charge on any atom is -0.478 e. The molecule has 2 unspecified atom stereocenters. The second-order valence-electron chi connectivity index (χ2n) is 9.71.